The third-order valence-corrected chi connectivity index (χ3v) is 4.25. The van der Waals surface area contributed by atoms with Gasteiger partial charge in [-0.1, -0.05) is 15.9 Å². The summed E-state index contributed by atoms with van der Waals surface area (Å²) in [6.07, 6.45) is 0. The quantitative estimate of drug-likeness (QED) is 0.846. The molecule has 1 N–H and O–H groups in total. The highest BCUT2D eigenvalue weighted by Gasteiger charge is 2.14. The second-order valence-corrected chi connectivity index (χ2v) is 6.20. The van der Waals surface area contributed by atoms with E-state index >= 15 is 0 Å². The fourth-order valence-electron chi connectivity index (χ4n) is 1.84. The van der Waals surface area contributed by atoms with Crippen LogP contribution in [0.3, 0.4) is 0 Å². The molecule has 1 heterocycles. The number of thioether (sulfide) groups is 1. The first-order chi connectivity index (χ1) is 9.47. The Morgan fingerprint density at radius 3 is 2.25 bits per heavy atom. The zero-order chi connectivity index (χ0) is 14.7. The van der Waals surface area contributed by atoms with Gasteiger partial charge in [-0.15, -0.1) is 11.8 Å². The van der Waals surface area contributed by atoms with Gasteiger partial charge in [0.25, 0.3) is 0 Å². The molecule has 104 valence electrons. The number of hydrogen-bond donors (Lipinski definition) is 1. The third kappa shape index (κ3) is 3.58. The van der Waals surface area contributed by atoms with E-state index in [1.807, 2.05) is 24.3 Å². The maximum absolute atomic E-state index is 11.1. The average molecular weight is 353 g/mol. The van der Waals surface area contributed by atoms with Crippen molar-refractivity contribution >= 4 is 33.7 Å². The Bertz CT molecular complexity index is 621. The number of carbonyl (C=O) groups is 1. The smallest absolute Gasteiger partial charge is 0.339 e. The van der Waals surface area contributed by atoms with E-state index in [4.69, 9.17) is 5.11 Å². The van der Waals surface area contributed by atoms with Crippen molar-refractivity contribution in [3.05, 3.63) is 51.5 Å². The Balaban J connectivity index is 2.14. The molecule has 2 rings (SSSR count). The molecule has 0 amide bonds. The Hall–Kier alpha value is -1.40. The van der Waals surface area contributed by atoms with Crippen molar-refractivity contribution < 1.29 is 9.90 Å². The van der Waals surface area contributed by atoms with Crippen LogP contribution < -0.4 is 0 Å². The molecular weight excluding hydrogens is 340 g/mol. The maximum Gasteiger partial charge on any atom is 0.339 e. The molecule has 1 aromatic heterocycles. The molecule has 0 spiro atoms. The summed E-state index contributed by atoms with van der Waals surface area (Å²) in [6, 6.07) is 7.99. The lowest BCUT2D eigenvalue weighted by molar-refractivity contribution is 0.0694. The number of aromatic carboxylic acids is 1. The van der Waals surface area contributed by atoms with Crippen molar-refractivity contribution in [2.75, 3.05) is 0 Å². The molecule has 0 bridgehead atoms. The summed E-state index contributed by atoms with van der Waals surface area (Å²) >= 11 is 5.01. The van der Waals surface area contributed by atoms with Crippen LogP contribution in [0.2, 0.25) is 0 Å². The van der Waals surface area contributed by atoms with E-state index in [9.17, 15) is 4.79 Å². The minimum atomic E-state index is -0.980. The first-order valence-electron chi connectivity index (χ1n) is 5.93. The topological polar surface area (TPSA) is 63.1 Å². The highest BCUT2D eigenvalue weighted by atomic mass is 79.9. The maximum atomic E-state index is 11.1. The SMILES string of the molecule is Cc1nc(CSc2ccc(Br)cc2)nc(C)c1C(=O)O. The first kappa shape index (κ1) is 15.0. The van der Waals surface area contributed by atoms with Gasteiger partial charge in [0.15, 0.2) is 0 Å². The van der Waals surface area contributed by atoms with E-state index in [2.05, 4.69) is 25.9 Å². The molecule has 0 fully saturated rings. The van der Waals surface area contributed by atoms with Gasteiger partial charge in [-0.3, -0.25) is 0 Å². The van der Waals surface area contributed by atoms with Gasteiger partial charge >= 0.3 is 5.97 Å². The Labute approximate surface area is 129 Å². The van der Waals surface area contributed by atoms with Crippen LogP contribution in [0.4, 0.5) is 0 Å². The van der Waals surface area contributed by atoms with E-state index in [1.54, 1.807) is 25.6 Å². The van der Waals surface area contributed by atoms with Crippen LogP contribution in [0.1, 0.15) is 27.6 Å². The van der Waals surface area contributed by atoms with Gasteiger partial charge in [-0.2, -0.15) is 0 Å². The number of aromatic nitrogens is 2. The van der Waals surface area contributed by atoms with Gasteiger partial charge in [0.2, 0.25) is 0 Å². The van der Waals surface area contributed by atoms with E-state index in [1.165, 1.54) is 0 Å². The van der Waals surface area contributed by atoms with E-state index in [-0.39, 0.29) is 5.56 Å². The largest absolute Gasteiger partial charge is 0.478 e. The number of carboxylic acids is 1. The van der Waals surface area contributed by atoms with Crippen LogP contribution >= 0.6 is 27.7 Å². The highest BCUT2D eigenvalue weighted by Crippen LogP contribution is 2.24. The molecule has 2 aromatic rings. The molecule has 0 aliphatic carbocycles. The van der Waals surface area contributed by atoms with Crippen molar-refractivity contribution in [1.82, 2.24) is 9.97 Å². The average Bonchev–Trinajstić information content (AvgIpc) is 2.37. The lowest BCUT2D eigenvalue weighted by atomic mass is 10.2. The van der Waals surface area contributed by atoms with Crippen LogP contribution in [-0.4, -0.2) is 21.0 Å². The lowest BCUT2D eigenvalue weighted by Crippen LogP contribution is -2.09. The molecule has 20 heavy (non-hydrogen) atoms. The van der Waals surface area contributed by atoms with Crippen LogP contribution in [0, 0.1) is 13.8 Å². The molecule has 6 heteroatoms. The van der Waals surface area contributed by atoms with Gasteiger partial charge < -0.3 is 5.11 Å². The second kappa shape index (κ2) is 6.37. The van der Waals surface area contributed by atoms with Crippen molar-refractivity contribution in [2.24, 2.45) is 0 Å². The minimum Gasteiger partial charge on any atom is -0.478 e. The predicted molar refractivity (Wildman–Crippen MR) is 82.2 cm³/mol. The second-order valence-electron chi connectivity index (χ2n) is 4.23. The van der Waals surface area contributed by atoms with Gasteiger partial charge in [0.05, 0.1) is 17.1 Å². The number of carboxylic acid groups (broad SMARTS) is 1. The van der Waals surface area contributed by atoms with Gasteiger partial charge in [0, 0.05) is 9.37 Å². The summed E-state index contributed by atoms with van der Waals surface area (Å²) in [6.45, 7) is 3.40. The predicted octanol–water partition coefficient (Wildman–Crippen LogP) is 3.85. The highest BCUT2D eigenvalue weighted by molar-refractivity contribution is 9.10. The molecule has 4 nitrogen and oxygen atoms in total. The van der Waals surface area contributed by atoms with E-state index < -0.39 is 5.97 Å². The van der Waals surface area contributed by atoms with Gasteiger partial charge in [-0.05, 0) is 38.1 Å². The van der Waals surface area contributed by atoms with Crippen molar-refractivity contribution in [3.63, 3.8) is 0 Å². The number of hydrogen-bond acceptors (Lipinski definition) is 4. The summed E-state index contributed by atoms with van der Waals surface area (Å²) in [5.41, 5.74) is 1.22. The number of benzene rings is 1. The Kier molecular flexibility index (Phi) is 4.77. The zero-order valence-electron chi connectivity index (χ0n) is 11.1. The van der Waals surface area contributed by atoms with Crippen LogP contribution in [0.15, 0.2) is 33.6 Å². The van der Waals surface area contributed by atoms with E-state index in [0.717, 1.165) is 9.37 Å². The number of nitrogens with zero attached hydrogens (tertiary/aromatic N) is 2. The number of aryl methyl sites for hydroxylation is 2. The zero-order valence-corrected chi connectivity index (χ0v) is 13.5. The molecule has 0 aliphatic heterocycles. The summed E-state index contributed by atoms with van der Waals surface area (Å²) < 4.78 is 1.04. The molecule has 0 saturated heterocycles. The summed E-state index contributed by atoms with van der Waals surface area (Å²) in [7, 11) is 0. The fraction of sp³-hybridized carbons (Fsp3) is 0.214. The summed E-state index contributed by atoms with van der Waals surface area (Å²) in [4.78, 5) is 20.7. The molecule has 0 radical (unpaired) electrons. The summed E-state index contributed by atoms with van der Waals surface area (Å²) in [5.74, 6) is 0.286. The summed E-state index contributed by atoms with van der Waals surface area (Å²) in [5, 5.41) is 9.08. The molecule has 0 unspecified atom stereocenters. The van der Waals surface area contributed by atoms with Crippen molar-refractivity contribution in [3.8, 4) is 0 Å². The standard InChI is InChI=1S/C14H13BrN2O2S/c1-8-13(14(18)19)9(2)17-12(16-8)7-20-11-5-3-10(15)4-6-11/h3-6H,7H2,1-2H3,(H,18,19). The number of rotatable bonds is 4. The first-order valence-corrected chi connectivity index (χ1v) is 7.71. The molecular formula is C14H13BrN2O2S. The van der Waals surface area contributed by atoms with Gasteiger partial charge in [-0.25, -0.2) is 14.8 Å². The lowest BCUT2D eigenvalue weighted by Gasteiger charge is -2.07. The molecule has 0 saturated carbocycles. The Morgan fingerprint density at radius 1 is 1.20 bits per heavy atom. The van der Waals surface area contributed by atoms with Gasteiger partial charge in [0.1, 0.15) is 11.4 Å². The minimum absolute atomic E-state index is 0.197. The molecule has 0 aliphatic rings. The normalized spacial score (nSPS) is 10.6. The van der Waals surface area contributed by atoms with Crippen LogP contribution in [0.25, 0.3) is 0 Å². The van der Waals surface area contributed by atoms with Crippen LogP contribution in [-0.2, 0) is 5.75 Å². The molecule has 0 atom stereocenters. The third-order valence-electron chi connectivity index (χ3n) is 2.71. The fourth-order valence-corrected chi connectivity index (χ4v) is 2.86. The van der Waals surface area contributed by atoms with E-state index in [0.29, 0.717) is 23.0 Å². The monoisotopic (exact) mass is 352 g/mol. The van der Waals surface area contributed by atoms with Crippen molar-refractivity contribution in [2.45, 2.75) is 24.5 Å². The van der Waals surface area contributed by atoms with Crippen molar-refractivity contribution in [1.29, 1.82) is 0 Å². The molecule has 1 aromatic carbocycles. The number of halogens is 1. The van der Waals surface area contributed by atoms with Crippen LogP contribution in [0.5, 0.6) is 0 Å². The Morgan fingerprint density at radius 2 is 1.75 bits per heavy atom.